The summed E-state index contributed by atoms with van der Waals surface area (Å²) < 4.78 is 2.67. The first kappa shape index (κ1) is 12.4. The van der Waals surface area contributed by atoms with E-state index in [4.69, 9.17) is 0 Å². The molecule has 4 heteroatoms. The molecule has 0 aromatic carbocycles. The van der Waals surface area contributed by atoms with Crippen molar-refractivity contribution in [1.29, 1.82) is 0 Å². The Morgan fingerprint density at radius 3 is 2.53 bits per heavy atom. The van der Waals surface area contributed by atoms with Crippen molar-refractivity contribution in [3.63, 3.8) is 0 Å². The van der Waals surface area contributed by atoms with Crippen LogP contribution in [0.2, 0.25) is 0 Å². The number of nitrogens with zero attached hydrogens (tertiary/aromatic N) is 2. The van der Waals surface area contributed by atoms with E-state index < -0.39 is 0 Å². The number of aromatic nitrogens is 2. The highest BCUT2D eigenvalue weighted by Gasteiger charge is 2.09. The molecule has 0 radical (unpaired) electrons. The second kappa shape index (κ2) is 4.92. The van der Waals surface area contributed by atoms with Crippen molar-refractivity contribution >= 4 is 15.9 Å². The molecule has 0 fully saturated rings. The van der Waals surface area contributed by atoms with Crippen LogP contribution < -0.4 is 5.69 Å². The molecule has 0 aliphatic carbocycles. The summed E-state index contributed by atoms with van der Waals surface area (Å²) in [4.78, 5) is 15.6. The van der Waals surface area contributed by atoms with Crippen LogP contribution in [0.3, 0.4) is 0 Å². The van der Waals surface area contributed by atoms with E-state index in [0.717, 1.165) is 28.8 Å². The van der Waals surface area contributed by atoms with Crippen LogP contribution >= 0.6 is 15.9 Å². The van der Waals surface area contributed by atoms with Crippen LogP contribution in [0.4, 0.5) is 0 Å². The van der Waals surface area contributed by atoms with Gasteiger partial charge >= 0.3 is 5.69 Å². The molecule has 0 saturated carbocycles. The topological polar surface area (TPSA) is 34.9 Å². The third-order valence-corrected chi connectivity index (χ3v) is 3.61. The molecule has 1 heterocycles. The smallest absolute Gasteiger partial charge is 0.295 e. The zero-order valence-corrected chi connectivity index (χ0v) is 11.3. The van der Waals surface area contributed by atoms with Gasteiger partial charge in [-0.15, -0.1) is 0 Å². The lowest BCUT2D eigenvalue weighted by atomic mass is 10.1. The van der Waals surface area contributed by atoms with E-state index in [9.17, 15) is 4.79 Å². The van der Waals surface area contributed by atoms with E-state index in [1.54, 1.807) is 4.57 Å². The van der Waals surface area contributed by atoms with Crippen LogP contribution in [0.1, 0.15) is 31.7 Å². The number of halogens is 1. The first-order chi connectivity index (χ1) is 6.93. The van der Waals surface area contributed by atoms with Crippen LogP contribution in [-0.2, 0) is 6.54 Å². The van der Waals surface area contributed by atoms with Crippen molar-refractivity contribution in [3.05, 3.63) is 26.3 Å². The Morgan fingerprint density at radius 1 is 1.40 bits per heavy atom. The minimum Gasteiger partial charge on any atom is -0.295 e. The van der Waals surface area contributed by atoms with Gasteiger partial charge in [0.1, 0.15) is 0 Å². The molecule has 1 rings (SSSR count). The zero-order valence-electron chi connectivity index (χ0n) is 9.67. The third kappa shape index (κ3) is 2.91. The van der Waals surface area contributed by atoms with E-state index in [-0.39, 0.29) is 5.69 Å². The fourth-order valence-electron chi connectivity index (χ4n) is 1.43. The summed E-state index contributed by atoms with van der Waals surface area (Å²) in [7, 11) is 0. The van der Waals surface area contributed by atoms with Gasteiger partial charge < -0.3 is 0 Å². The summed E-state index contributed by atoms with van der Waals surface area (Å²) in [6.45, 7) is 8.83. The molecular formula is C11H17BrN2O. The third-order valence-electron chi connectivity index (χ3n) is 2.46. The number of aryl methyl sites for hydroxylation is 1. The first-order valence-electron chi connectivity index (χ1n) is 5.17. The minimum atomic E-state index is -0.145. The Kier molecular flexibility index (Phi) is 4.08. The lowest BCUT2D eigenvalue weighted by molar-refractivity contribution is 0.493. The number of hydrogen-bond donors (Lipinski definition) is 0. The molecular weight excluding hydrogens is 256 g/mol. The van der Waals surface area contributed by atoms with Crippen molar-refractivity contribution in [2.75, 3.05) is 0 Å². The van der Waals surface area contributed by atoms with Crippen molar-refractivity contribution in [1.82, 2.24) is 9.55 Å². The largest absolute Gasteiger partial charge is 0.348 e. The van der Waals surface area contributed by atoms with E-state index in [2.05, 4.69) is 34.8 Å². The molecule has 0 bridgehead atoms. The van der Waals surface area contributed by atoms with Gasteiger partial charge in [0.2, 0.25) is 0 Å². The summed E-state index contributed by atoms with van der Waals surface area (Å²) in [5.41, 5.74) is 1.58. The zero-order chi connectivity index (χ0) is 11.6. The maximum atomic E-state index is 11.7. The van der Waals surface area contributed by atoms with Gasteiger partial charge in [-0.25, -0.2) is 4.79 Å². The average Bonchev–Trinajstić information content (AvgIpc) is 2.14. The normalized spacial score (nSPS) is 11.1. The van der Waals surface area contributed by atoms with Gasteiger partial charge in [-0.05, 0) is 42.1 Å². The summed E-state index contributed by atoms with van der Waals surface area (Å²) in [6, 6.07) is 0. The van der Waals surface area contributed by atoms with Gasteiger partial charge in [0, 0.05) is 12.2 Å². The van der Waals surface area contributed by atoms with Gasteiger partial charge in [-0.1, -0.05) is 13.8 Å². The first-order valence-corrected chi connectivity index (χ1v) is 5.96. The molecule has 0 aliphatic rings. The number of hydrogen-bond acceptors (Lipinski definition) is 2. The predicted octanol–water partition coefficient (Wildman–Crippen LogP) is 2.67. The van der Waals surface area contributed by atoms with E-state index in [1.807, 2.05) is 13.8 Å². The molecule has 0 aliphatic heterocycles. The lowest BCUT2D eigenvalue weighted by Gasteiger charge is -2.13. The second-order valence-corrected chi connectivity index (χ2v) is 5.01. The van der Waals surface area contributed by atoms with Crippen molar-refractivity contribution in [2.45, 2.75) is 40.7 Å². The van der Waals surface area contributed by atoms with Gasteiger partial charge in [0.15, 0.2) is 0 Å². The fourth-order valence-corrected chi connectivity index (χ4v) is 1.73. The van der Waals surface area contributed by atoms with Crippen LogP contribution in [0, 0.1) is 19.8 Å². The predicted molar refractivity (Wildman–Crippen MR) is 65.1 cm³/mol. The van der Waals surface area contributed by atoms with E-state index >= 15 is 0 Å². The highest BCUT2D eigenvalue weighted by Crippen LogP contribution is 2.17. The van der Waals surface area contributed by atoms with Gasteiger partial charge in [0.05, 0.1) is 10.2 Å². The summed E-state index contributed by atoms with van der Waals surface area (Å²) in [5.74, 6) is 0.594. The standard InChI is InChI=1S/C11H17BrN2O/c1-7(2)5-6-14-9(4)10(12)8(3)13-11(14)15/h7H,5-6H2,1-4H3. The number of rotatable bonds is 3. The Morgan fingerprint density at radius 2 is 2.00 bits per heavy atom. The molecule has 0 spiro atoms. The maximum absolute atomic E-state index is 11.7. The van der Waals surface area contributed by atoms with Crippen LogP contribution in [0.5, 0.6) is 0 Å². The highest BCUT2D eigenvalue weighted by molar-refractivity contribution is 9.10. The molecule has 15 heavy (non-hydrogen) atoms. The van der Waals surface area contributed by atoms with Crippen LogP contribution in [0.15, 0.2) is 9.27 Å². The summed E-state index contributed by atoms with van der Waals surface area (Å²) in [6.07, 6.45) is 0.998. The molecule has 3 nitrogen and oxygen atoms in total. The molecule has 1 aromatic rings. The van der Waals surface area contributed by atoms with Crippen molar-refractivity contribution < 1.29 is 0 Å². The summed E-state index contributed by atoms with van der Waals surface area (Å²) >= 11 is 3.45. The minimum absolute atomic E-state index is 0.145. The fraction of sp³-hybridized carbons (Fsp3) is 0.636. The Labute approximate surface area is 98.7 Å². The molecule has 1 aromatic heterocycles. The average molecular weight is 273 g/mol. The van der Waals surface area contributed by atoms with E-state index in [0.29, 0.717) is 5.92 Å². The highest BCUT2D eigenvalue weighted by atomic mass is 79.9. The van der Waals surface area contributed by atoms with Gasteiger partial charge in [-0.2, -0.15) is 4.98 Å². The molecule has 0 atom stereocenters. The SMILES string of the molecule is Cc1nc(=O)n(CCC(C)C)c(C)c1Br. The molecule has 0 saturated heterocycles. The molecule has 0 N–H and O–H groups in total. The van der Waals surface area contributed by atoms with Crippen molar-refractivity contribution in [3.8, 4) is 0 Å². The Bertz CT molecular complexity index is 410. The van der Waals surface area contributed by atoms with Gasteiger partial charge in [0.25, 0.3) is 0 Å². The quantitative estimate of drug-likeness (QED) is 0.848. The maximum Gasteiger partial charge on any atom is 0.348 e. The monoisotopic (exact) mass is 272 g/mol. The Hall–Kier alpha value is -0.640. The molecule has 0 unspecified atom stereocenters. The van der Waals surface area contributed by atoms with Crippen LogP contribution in [0.25, 0.3) is 0 Å². The molecule has 0 amide bonds. The van der Waals surface area contributed by atoms with Crippen molar-refractivity contribution in [2.24, 2.45) is 5.92 Å². The Balaban J connectivity index is 3.07. The van der Waals surface area contributed by atoms with Crippen LogP contribution in [-0.4, -0.2) is 9.55 Å². The second-order valence-electron chi connectivity index (χ2n) is 4.21. The molecule has 84 valence electrons. The summed E-state index contributed by atoms with van der Waals surface area (Å²) in [5, 5.41) is 0. The van der Waals surface area contributed by atoms with E-state index in [1.165, 1.54) is 0 Å². The lowest BCUT2D eigenvalue weighted by Crippen LogP contribution is -2.27. The van der Waals surface area contributed by atoms with Gasteiger partial charge in [-0.3, -0.25) is 4.57 Å².